The van der Waals surface area contributed by atoms with Crippen LogP contribution in [0.5, 0.6) is 0 Å². The third-order valence-electron chi connectivity index (χ3n) is 2.04. The summed E-state index contributed by atoms with van der Waals surface area (Å²) in [5.74, 6) is -2.03. The van der Waals surface area contributed by atoms with Crippen molar-refractivity contribution in [1.29, 1.82) is 0 Å². The summed E-state index contributed by atoms with van der Waals surface area (Å²) < 4.78 is 9.28. The molecule has 0 amide bonds. The van der Waals surface area contributed by atoms with Gasteiger partial charge in [0.2, 0.25) is 5.78 Å². The van der Waals surface area contributed by atoms with E-state index >= 15 is 0 Å². The molecule has 0 unspecified atom stereocenters. The first-order chi connectivity index (χ1) is 7.66. The van der Waals surface area contributed by atoms with Crippen molar-refractivity contribution in [3.05, 3.63) is 35.9 Å². The third-order valence-corrected chi connectivity index (χ3v) is 2.04. The lowest BCUT2D eigenvalue weighted by atomic mass is 10.1. The smallest absolute Gasteiger partial charge is 0.320 e. The third kappa shape index (κ3) is 2.08. The fraction of sp³-hybridized carbons (Fsp3) is 0.182. The van der Waals surface area contributed by atoms with Gasteiger partial charge in [-0.25, -0.2) is 0 Å². The Morgan fingerprint density at radius 1 is 1.06 bits per heavy atom. The molecule has 82 valence electrons. The van der Waals surface area contributed by atoms with Gasteiger partial charge < -0.3 is 9.47 Å². The van der Waals surface area contributed by atoms with Crippen LogP contribution in [0.1, 0.15) is 16.8 Å². The molecule has 5 nitrogen and oxygen atoms in total. The van der Waals surface area contributed by atoms with Gasteiger partial charge in [0.1, 0.15) is 6.42 Å². The number of rotatable bonds is 2. The summed E-state index contributed by atoms with van der Waals surface area (Å²) in [6.45, 7) is 0. The normalized spacial score (nSPS) is 16.5. The highest BCUT2D eigenvalue weighted by Gasteiger charge is 2.33. The number of benzene rings is 1. The molecule has 1 aliphatic rings. The topological polar surface area (TPSA) is 69.7 Å². The molecule has 2 rings (SSSR count). The lowest BCUT2D eigenvalue weighted by Crippen LogP contribution is -2.38. The Hall–Kier alpha value is -2.17. The summed E-state index contributed by atoms with van der Waals surface area (Å²) in [4.78, 5) is 33.6. The number of carbonyl (C=O) groups is 3. The lowest BCUT2D eigenvalue weighted by Gasteiger charge is -2.20. The zero-order chi connectivity index (χ0) is 11.5. The standard InChI is InChI=1S/C11H8O5/c12-8-6-9(13)16-11(15-8)10(14)7-4-2-1-3-5-7/h1-5,11H,6H2. The van der Waals surface area contributed by atoms with Crippen LogP contribution in [0, 0.1) is 0 Å². The van der Waals surface area contributed by atoms with E-state index in [2.05, 4.69) is 9.47 Å². The molecule has 1 heterocycles. The maximum atomic E-state index is 11.7. The molecule has 0 radical (unpaired) electrons. The zero-order valence-corrected chi connectivity index (χ0v) is 8.21. The molecule has 0 aromatic heterocycles. The molecule has 0 N–H and O–H groups in total. The quantitative estimate of drug-likeness (QED) is 0.416. The first-order valence-corrected chi connectivity index (χ1v) is 4.65. The van der Waals surface area contributed by atoms with Crippen molar-refractivity contribution in [2.75, 3.05) is 0 Å². The lowest BCUT2D eigenvalue weighted by molar-refractivity contribution is -0.193. The number of Topliss-reactive ketones (excluding diaryl/α,β-unsaturated/α-hetero) is 1. The maximum absolute atomic E-state index is 11.7. The molecule has 0 spiro atoms. The monoisotopic (exact) mass is 220 g/mol. The van der Waals surface area contributed by atoms with E-state index in [0.29, 0.717) is 5.56 Å². The molecular weight excluding hydrogens is 212 g/mol. The Kier molecular flexibility index (Phi) is 2.68. The van der Waals surface area contributed by atoms with Crippen LogP contribution in [0.25, 0.3) is 0 Å². The minimum Gasteiger partial charge on any atom is -0.417 e. The summed E-state index contributed by atoms with van der Waals surface area (Å²) in [7, 11) is 0. The van der Waals surface area contributed by atoms with Crippen molar-refractivity contribution in [2.45, 2.75) is 12.7 Å². The van der Waals surface area contributed by atoms with Crippen molar-refractivity contribution in [2.24, 2.45) is 0 Å². The first-order valence-electron chi connectivity index (χ1n) is 4.65. The van der Waals surface area contributed by atoms with Gasteiger partial charge in [0.05, 0.1) is 0 Å². The summed E-state index contributed by atoms with van der Waals surface area (Å²) >= 11 is 0. The highest BCUT2D eigenvalue weighted by Crippen LogP contribution is 2.13. The average molecular weight is 220 g/mol. The SMILES string of the molecule is O=C1CC(=O)OC(C(=O)c2ccccc2)O1. The second-order valence-electron chi connectivity index (χ2n) is 3.22. The average Bonchev–Trinajstić information content (AvgIpc) is 2.28. The van der Waals surface area contributed by atoms with Gasteiger partial charge in [-0.05, 0) is 0 Å². The van der Waals surface area contributed by atoms with E-state index in [-0.39, 0.29) is 0 Å². The van der Waals surface area contributed by atoms with Gasteiger partial charge in [-0.1, -0.05) is 30.3 Å². The number of hydrogen-bond donors (Lipinski definition) is 0. The molecule has 0 saturated carbocycles. The van der Waals surface area contributed by atoms with Crippen LogP contribution in [0.3, 0.4) is 0 Å². The Balaban J connectivity index is 2.16. The Labute approximate surface area is 91.0 Å². The van der Waals surface area contributed by atoms with Crippen LogP contribution in [0.15, 0.2) is 30.3 Å². The molecule has 1 saturated heterocycles. The van der Waals surface area contributed by atoms with Crippen molar-refractivity contribution in [3.8, 4) is 0 Å². The van der Waals surface area contributed by atoms with E-state index < -0.39 is 30.4 Å². The second kappa shape index (κ2) is 4.14. The number of esters is 2. The van der Waals surface area contributed by atoms with Crippen molar-refractivity contribution < 1.29 is 23.9 Å². The molecule has 16 heavy (non-hydrogen) atoms. The van der Waals surface area contributed by atoms with Gasteiger partial charge in [-0.3, -0.25) is 14.4 Å². The molecule has 1 aromatic carbocycles. The number of ether oxygens (including phenoxy) is 2. The first kappa shape index (κ1) is 10.4. The zero-order valence-electron chi connectivity index (χ0n) is 8.21. The summed E-state index contributed by atoms with van der Waals surface area (Å²) in [5, 5.41) is 0. The highest BCUT2D eigenvalue weighted by molar-refractivity contribution is 6.03. The summed E-state index contributed by atoms with van der Waals surface area (Å²) in [6, 6.07) is 8.19. The van der Waals surface area contributed by atoms with E-state index in [1.54, 1.807) is 30.3 Å². The number of hydrogen-bond acceptors (Lipinski definition) is 5. The van der Waals surface area contributed by atoms with Gasteiger partial charge in [0.15, 0.2) is 0 Å². The second-order valence-corrected chi connectivity index (χ2v) is 3.22. The molecular formula is C11H8O5. The predicted molar refractivity (Wildman–Crippen MR) is 51.4 cm³/mol. The molecule has 1 aromatic rings. The minimum absolute atomic E-state index is 0.329. The van der Waals surface area contributed by atoms with Crippen LogP contribution in [-0.4, -0.2) is 24.0 Å². The largest absolute Gasteiger partial charge is 0.417 e. The van der Waals surface area contributed by atoms with Gasteiger partial charge in [0.25, 0.3) is 0 Å². The van der Waals surface area contributed by atoms with Gasteiger partial charge >= 0.3 is 18.2 Å². The Morgan fingerprint density at radius 3 is 2.19 bits per heavy atom. The van der Waals surface area contributed by atoms with E-state index in [9.17, 15) is 14.4 Å². The van der Waals surface area contributed by atoms with Gasteiger partial charge in [-0.15, -0.1) is 0 Å². The number of carbonyl (C=O) groups excluding carboxylic acids is 3. The number of cyclic esters (lactones) is 2. The fourth-order valence-electron chi connectivity index (χ4n) is 1.31. The Bertz CT molecular complexity index is 421. The molecule has 0 atom stereocenters. The van der Waals surface area contributed by atoms with Crippen molar-refractivity contribution in [1.82, 2.24) is 0 Å². The van der Waals surface area contributed by atoms with Gasteiger partial charge in [-0.2, -0.15) is 0 Å². The van der Waals surface area contributed by atoms with Crippen LogP contribution < -0.4 is 0 Å². The van der Waals surface area contributed by atoms with Crippen LogP contribution >= 0.6 is 0 Å². The molecule has 5 heteroatoms. The van der Waals surface area contributed by atoms with Crippen molar-refractivity contribution >= 4 is 17.7 Å². The summed E-state index contributed by atoms with van der Waals surface area (Å²) in [5.41, 5.74) is 0.329. The van der Waals surface area contributed by atoms with Crippen LogP contribution in [0.2, 0.25) is 0 Å². The van der Waals surface area contributed by atoms with Crippen LogP contribution in [-0.2, 0) is 19.1 Å². The van der Waals surface area contributed by atoms with E-state index in [4.69, 9.17) is 0 Å². The predicted octanol–water partition coefficient (Wildman–Crippen LogP) is 0.686. The summed E-state index contributed by atoms with van der Waals surface area (Å²) in [6.07, 6.45) is -1.89. The van der Waals surface area contributed by atoms with E-state index in [1.165, 1.54) is 0 Å². The molecule has 1 aliphatic heterocycles. The van der Waals surface area contributed by atoms with Gasteiger partial charge in [0, 0.05) is 5.56 Å². The molecule has 0 aliphatic carbocycles. The fourth-order valence-corrected chi connectivity index (χ4v) is 1.31. The maximum Gasteiger partial charge on any atom is 0.320 e. The Morgan fingerprint density at radius 2 is 1.62 bits per heavy atom. The number of ketones is 1. The highest BCUT2D eigenvalue weighted by atomic mass is 16.7. The molecule has 0 bridgehead atoms. The van der Waals surface area contributed by atoms with Crippen molar-refractivity contribution in [3.63, 3.8) is 0 Å². The van der Waals surface area contributed by atoms with E-state index in [0.717, 1.165) is 0 Å². The van der Waals surface area contributed by atoms with E-state index in [1.807, 2.05) is 0 Å². The minimum atomic E-state index is -1.45. The molecule has 1 fully saturated rings. The van der Waals surface area contributed by atoms with Crippen LogP contribution in [0.4, 0.5) is 0 Å².